The standard InChI is InChI=1S/C18H17N3O4/c1-3-20(2)14-9-8-11(10-15(14)21(24)25)16-18(23)17(22)12-6-4-5-7-13(12)19-16/h4-10,23H,3H2,1-2H3,(H,19,22). The Hall–Kier alpha value is -3.35. The van der Waals surface area contributed by atoms with Crippen LogP contribution in [0, 0.1) is 10.1 Å². The SMILES string of the molecule is CCN(C)c1ccc(-c2[nH]c3ccccc3c(=O)c2O)cc1[N+](=O)[O-]. The number of pyridine rings is 1. The summed E-state index contributed by atoms with van der Waals surface area (Å²) in [6, 6.07) is 11.4. The maximum atomic E-state index is 12.4. The van der Waals surface area contributed by atoms with E-state index in [0.29, 0.717) is 28.7 Å². The van der Waals surface area contributed by atoms with Gasteiger partial charge in [0, 0.05) is 36.1 Å². The number of aromatic hydroxyl groups is 1. The first-order valence-corrected chi connectivity index (χ1v) is 7.78. The summed E-state index contributed by atoms with van der Waals surface area (Å²) in [6.45, 7) is 2.50. The smallest absolute Gasteiger partial charge is 0.293 e. The van der Waals surface area contributed by atoms with Crippen molar-refractivity contribution in [1.29, 1.82) is 0 Å². The molecule has 25 heavy (non-hydrogen) atoms. The summed E-state index contributed by atoms with van der Waals surface area (Å²) in [5.41, 5.74) is 0.964. The average Bonchev–Trinajstić information content (AvgIpc) is 2.63. The van der Waals surface area contributed by atoms with Gasteiger partial charge in [0.15, 0.2) is 5.75 Å². The number of nitrogens with one attached hydrogen (secondary N) is 1. The maximum Gasteiger partial charge on any atom is 0.293 e. The van der Waals surface area contributed by atoms with Gasteiger partial charge in [-0.15, -0.1) is 0 Å². The van der Waals surface area contributed by atoms with E-state index in [2.05, 4.69) is 4.98 Å². The minimum atomic E-state index is -0.512. The number of anilines is 1. The maximum absolute atomic E-state index is 12.4. The van der Waals surface area contributed by atoms with Crippen molar-refractivity contribution >= 4 is 22.3 Å². The molecule has 0 atom stereocenters. The third-order valence-corrected chi connectivity index (χ3v) is 4.23. The van der Waals surface area contributed by atoms with E-state index in [1.807, 2.05) is 6.92 Å². The van der Waals surface area contributed by atoms with Crippen LogP contribution < -0.4 is 10.3 Å². The summed E-state index contributed by atoms with van der Waals surface area (Å²) in [6.07, 6.45) is 0. The quantitative estimate of drug-likeness (QED) is 0.561. The Labute approximate surface area is 143 Å². The molecule has 0 amide bonds. The van der Waals surface area contributed by atoms with Crippen molar-refractivity contribution in [3.8, 4) is 17.0 Å². The van der Waals surface area contributed by atoms with Crippen molar-refractivity contribution in [2.45, 2.75) is 6.92 Å². The first-order chi connectivity index (χ1) is 11.9. The van der Waals surface area contributed by atoms with Crippen LogP contribution in [0.5, 0.6) is 5.75 Å². The van der Waals surface area contributed by atoms with Crippen LogP contribution in [-0.2, 0) is 0 Å². The molecule has 0 radical (unpaired) electrons. The number of hydrogen-bond acceptors (Lipinski definition) is 5. The molecule has 0 aliphatic carbocycles. The van der Waals surface area contributed by atoms with Crippen LogP contribution in [0.25, 0.3) is 22.2 Å². The van der Waals surface area contributed by atoms with Gasteiger partial charge in [0.05, 0.1) is 10.6 Å². The molecule has 2 aromatic carbocycles. The Morgan fingerprint density at radius 1 is 1.24 bits per heavy atom. The molecular weight excluding hydrogens is 322 g/mol. The predicted octanol–water partition coefficient (Wildman–Crippen LogP) is 3.27. The van der Waals surface area contributed by atoms with E-state index >= 15 is 0 Å². The zero-order chi connectivity index (χ0) is 18.1. The van der Waals surface area contributed by atoms with Crippen LogP contribution >= 0.6 is 0 Å². The second kappa shape index (κ2) is 6.27. The van der Waals surface area contributed by atoms with Gasteiger partial charge < -0.3 is 15.0 Å². The Bertz CT molecular complexity index is 1030. The van der Waals surface area contributed by atoms with Gasteiger partial charge in [-0.3, -0.25) is 14.9 Å². The lowest BCUT2D eigenvalue weighted by molar-refractivity contribution is -0.384. The normalized spacial score (nSPS) is 10.8. The third kappa shape index (κ3) is 2.80. The van der Waals surface area contributed by atoms with Crippen LogP contribution in [0.4, 0.5) is 11.4 Å². The highest BCUT2D eigenvalue weighted by atomic mass is 16.6. The van der Waals surface area contributed by atoms with E-state index in [1.54, 1.807) is 48.3 Å². The summed E-state index contributed by atoms with van der Waals surface area (Å²) in [5.74, 6) is -0.454. The number of para-hydroxylation sites is 1. The van der Waals surface area contributed by atoms with Gasteiger partial charge in [-0.25, -0.2) is 0 Å². The molecule has 0 saturated carbocycles. The van der Waals surface area contributed by atoms with Crippen LogP contribution in [-0.4, -0.2) is 28.6 Å². The molecule has 7 nitrogen and oxygen atoms in total. The van der Waals surface area contributed by atoms with E-state index in [-0.39, 0.29) is 11.4 Å². The lowest BCUT2D eigenvalue weighted by Gasteiger charge is -2.17. The second-order valence-corrected chi connectivity index (χ2v) is 5.70. The molecule has 3 aromatic rings. The lowest BCUT2D eigenvalue weighted by atomic mass is 10.1. The highest BCUT2D eigenvalue weighted by molar-refractivity contribution is 5.85. The summed E-state index contributed by atoms with van der Waals surface area (Å²) < 4.78 is 0. The molecule has 7 heteroatoms. The number of nitrogens with zero attached hydrogens (tertiary/aromatic N) is 2. The lowest BCUT2D eigenvalue weighted by Crippen LogP contribution is -2.17. The highest BCUT2D eigenvalue weighted by Gasteiger charge is 2.20. The summed E-state index contributed by atoms with van der Waals surface area (Å²) in [7, 11) is 1.76. The minimum Gasteiger partial charge on any atom is -0.503 e. The zero-order valence-electron chi connectivity index (χ0n) is 13.8. The molecule has 1 heterocycles. The molecule has 0 saturated heterocycles. The summed E-state index contributed by atoms with van der Waals surface area (Å²) >= 11 is 0. The van der Waals surface area contributed by atoms with Crippen LogP contribution in [0.1, 0.15) is 6.92 Å². The molecule has 0 bridgehead atoms. The molecule has 0 fully saturated rings. The Morgan fingerprint density at radius 3 is 2.64 bits per heavy atom. The van der Waals surface area contributed by atoms with E-state index in [0.717, 1.165) is 0 Å². The molecule has 128 valence electrons. The van der Waals surface area contributed by atoms with Crippen molar-refractivity contribution in [2.75, 3.05) is 18.5 Å². The van der Waals surface area contributed by atoms with Crippen LogP contribution in [0.2, 0.25) is 0 Å². The summed E-state index contributed by atoms with van der Waals surface area (Å²) in [5, 5.41) is 22.1. The summed E-state index contributed by atoms with van der Waals surface area (Å²) in [4.78, 5) is 28.1. The molecule has 0 aliphatic heterocycles. The van der Waals surface area contributed by atoms with E-state index in [9.17, 15) is 20.0 Å². The molecular formula is C18H17N3O4. The Balaban J connectivity index is 2.25. The minimum absolute atomic E-state index is 0.0877. The van der Waals surface area contributed by atoms with Crippen LogP contribution in [0.15, 0.2) is 47.3 Å². The fraction of sp³-hybridized carbons (Fsp3) is 0.167. The number of fused-ring (bicyclic) bond motifs is 1. The Kier molecular flexibility index (Phi) is 4.14. The fourth-order valence-electron chi connectivity index (χ4n) is 2.75. The van der Waals surface area contributed by atoms with Crippen molar-refractivity contribution < 1.29 is 10.0 Å². The van der Waals surface area contributed by atoms with Crippen molar-refractivity contribution in [3.63, 3.8) is 0 Å². The van der Waals surface area contributed by atoms with E-state index in [4.69, 9.17) is 0 Å². The zero-order valence-corrected chi connectivity index (χ0v) is 13.8. The fourth-order valence-corrected chi connectivity index (χ4v) is 2.75. The van der Waals surface area contributed by atoms with Crippen molar-refractivity contribution in [1.82, 2.24) is 4.98 Å². The van der Waals surface area contributed by atoms with Gasteiger partial charge in [-0.05, 0) is 25.1 Å². The van der Waals surface area contributed by atoms with Crippen molar-refractivity contribution in [2.24, 2.45) is 0 Å². The highest BCUT2D eigenvalue weighted by Crippen LogP contribution is 2.34. The number of benzene rings is 2. The number of rotatable bonds is 4. The predicted molar refractivity (Wildman–Crippen MR) is 97.3 cm³/mol. The van der Waals surface area contributed by atoms with Gasteiger partial charge in [-0.2, -0.15) is 0 Å². The van der Waals surface area contributed by atoms with Gasteiger partial charge in [-0.1, -0.05) is 18.2 Å². The average molecular weight is 339 g/mol. The topological polar surface area (TPSA) is 99.5 Å². The molecule has 1 aromatic heterocycles. The first kappa shape index (κ1) is 16.5. The van der Waals surface area contributed by atoms with Crippen LogP contribution in [0.3, 0.4) is 0 Å². The number of aromatic nitrogens is 1. The molecule has 2 N–H and O–H groups in total. The first-order valence-electron chi connectivity index (χ1n) is 7.78. The van der Waals surface area contributed by atoms with Gasteiger partial charge in [0.1, 0.15) is 5.69 Å². The van der Waals surface area contributed by atoms with Crippen molar-refractivity contribution in [3.05, 3.63) is 62.8 Å². The largest absolute Gasteiger partial charge is 0.503 e. The molecule has 0 aliphatic rings. The van der Waals surface area contributed by atoms with Gasteiger partial charge in [0.2, 0.25) is 5.43 Å². The number of nitro groups is 1. The molecule has 0 unspecified atom stereocenters. The van der Waals surface area contributed by atoms with Gasteiger partial charge in [0.25, 0.3) is 5.69 Å². The second-order valence-electron chi connectivity index (χ2n) is 5.70. The van der Waals surface area contributed by atoms with E-state index < -0.39 is 16.1 Å². The number of aromatic amines is 1. The van der Waals surface area contributed by atoms with E-state index in [1.165, 1.54) is 6.07 Å². The number of hydrogen-bond donors (Lipinski definition) is 2. The molecule has 0 spiro atoms. The molecule has 3 rings (SSSR count). The van der Waals surface area contributed by atoms with Gasteiger partial charge >= 0.3 is 0 Å². The third-order valence-electron chi connectivity index (χ3n) is 4.23. The Morgan fingerprint density at radius 2 is 1.96 bits per heavy atom. The number of nitro benzene ring substituents is 1. The number of H-pyrrole nitrogens is 1. The monoisotopic (exact) mass is 339 g/mol.